The minimum absolute atomic E-state index is 0.279. The number of carboxylic acid groups (broad SMARTS) is 1. The summed E-state index contributed by atoms with van der Waals surface area (Å²) in [5, 5.41) is 13.1. The summed E-state index contributed by atoms with van der Waals surface area (Å²) < 4.78 is 0. The van der Waals surface area contributed by atoms with Gasteiger partial charge in [0, 0.05) is 10.8 Å². The number of pyridine rings is 1. The van der Waals surface area contributed by atoms with Crippen molar-refractivity contribution in [1.82, 2.24) is 9.97 Å². The van der Waals surface area contributed by atoms with Gasteiger partial charge in [-0.1, -0.05) is 12.1 Å². The van der Waals surface area contributed by atoms with E-state index in [0.717, 1.165) is 27.3 Å². The molecule has 2 aromatic heterocycles. The second kappa shape index (κ2) is 4.93. The minimum Gasteiger partial charge on any atom is -0.478 e. The van der Waals surface area contributed by atoms with E-state index in [4.69, 9.17) is 0 Å². The highest BCUT2D eigenvalue weighted by Gasteiger charge is 2.17. The van der Waals surface area contributed by atoms with Crippen molar-refractivity contribution >= 4 is 28.2 Å². The number of hydrogen-bond donors (Lipinski definition) is 1. The van der Waals surface area contributed by atoms with Crippen LogP contribution < -0.4 is 0 Å². The van der Waals surface area contributed by atoms with E-state index >= 15 is 0 Å². The summed E-state index contributed by atoms with van der Waals surface area (Å²) in [5.41, 5.74) is 4.23. The zero-order chi connectivity index (χ0) is 15.1. The monoisotopic (exact) mass is 298 g/mol. The third-order valence-corrected chi connectivity index (χ3v) is 4.26. The van der Waals surface area contributed by atoms with E-state index in [1.165, 1.54) is 11.3 Å². The zero-order valence-corrected chi connectivity index (χ0v) is 12.8. The molecular weight excluding hydrogens is 284 g/mol. The molecule has 0 saturated carbocycles. The van der Waals surface area contributed by atoms with E-state index < -0.39 is 5.97 Å². The standard InChI is InChI=1S/C16H14N2O2S/c1-8-4-5-9(2)15-14(8)11(16(19)20)6-12(18-15)13-7-21-10(3)17-13/h4-7H,1-3H3,(H,19,20). The second-order valence-corrected chi connectivity index (χ2v) is 6.10. The fourth-order valence-corrected chi connectivity index (χ4v) is 3.03. The number of carboxylic acids is 1. The van der Waals surface area contributed by atoms with Crippen molar-refractivity contribution < 1.29 is 9.90 Å². The number of thiazole rings is 1. The number of benzene rings is 1. The lowest BCUT2D eigenvalue weighted by Gasteiger charge is -2.10. The Hall–Kier alpha value is -2.27. The molecule has 0 aliphatic rings. The number of aromatic nitrogens is 2. The average molecular weight is 298 g/mol. The Bertz CT molecular complexity index is 868. The maximum absolute atomic E-state index is 11.6. The van der Waals surface area contributed by atoms with Crippen LogP contribution in [0.2, 0.25) is 0 Å². The molecule has 0 bridgehead atoms. The molecule has 5 heteroatoms. The van der Waals surface area contributed by atoms with Gasteiger partial charge in [0.05, 0.1) is 27.5 Å². The highest BCUT2D eigenvalue weighted by Crippen LogP contribution is 2.29. The number of aromatic carboxylic acids is 1. The third-order valence-electron chi connectivity index (χ3n) is 3.48. The second-order valence-electron chi connectivity index (χ2n) is 5.03. The molecule has 21 heavy (non-hydrogen) atoms. The van der Waals surface area contributed by atoms with Gasteiger partial charge >= 0.3 is 5.97 Å². The third kappa shape index (κ3) is 2.29. The molecule has 0 spiro atoms. The van der Waals surface area contributed by atoms with Crippen LogP contribution in [-0.4, -0.2) is 21.0 Å². The van der Waals surface area contributed by atoms with Gasteiger partial charge in [-0.05, 0) is 38.0 Å². The van der Waals surface area contributed by atoms with Gasteiger partial charge in [-0.25, -0.2) is 14.8 Å². The number of nitrogens with zero attached hydrogens (tertiary/aromatic N) is 2. The Morgan fingerprint density at radius 2 is 1.81 bits per heavy atom. The Balaban J connectivity index is 2.40. The summed E-state index contributed by atoms with van der Waals surface area (Å²) in [7, 11) is 0. The van der Waals surface area contributed by atoms with Crippen molar-refractivity contribution in [2.75, 3.05) is 0 Å². The lowest BCUT2D eigenvalue weighted by Crippen LogP contribution is -2.02. The molecule has 1 aromatic carbocycles. The first-order chi connectivity index (χ1) is 9.97. The maximum atomic E-state index is 11.6. The van der Waals surface area contributed by atoms with E-state index in [1.54, 1.807) is 6.07 Å². The predicted octanol–water partition coefficient (Wildman–Crippen LogP) is 3.98. The maximum Gasteiger partial charge on any atom is 0.336 e. The summed E-state index contributed by atoms with van der Waals surface area (Å²) in [6, 6.07) is 5.51. The predicted molar refractivity (Wildman–Crippen MR) is 84.0 cm³/mol. The van der Waals surface area contributed by atoms with E-state index in [9.17, 15) is 9.90 Å². The minimum atomic E-state index is -0.940. The summed E-state index contributed by atoms with van der Waals surface area (Å²) in [6.07, 6.45) is 0. The van der Waals surface area contributed by atoms with Gasteiger partial charge in [-0.15, -0.1) is 11.3 Å². The van der Waals surface area contributed by atoms with Crippen molar-refractivity contribution in [3.63, 3.8) is 0 Å². The van der Waals surface area contributed by atoms with E-state index in [2.05, 4.69) is 9.97 Å². The average Bonchev–Trinajstić information content (AvgIpc) is 2.88. The van der Waals surface area contributed by atoms with Crippen molar-refractivity contribution in [3.8, 4) is 11.4 Å². The van der Waals surface area contributed by atoms with Crippen LogP contribution >= 0.6 is 11.3 Å². The number of hydrogen-bond acceptors (Lipinski definition) is 4. The molecule has 0 fully saturated rings. The summed E-state index contributed by atoms with van der Waals surface area (Å²) in [6.45, 7) is 5.77. The van der Waals surface area contributed by atoms with E-state index in [1.807, 2.05) is 38.3 Å². The lowest BCUT2D eigenvalue weighted by molar-refractivity contribution is 0.0699. The van der Waals surface area contributed by atoms with Crippen molar-refractivity contribution in [3.05, 3.63) is 45.3 Å². The van der Waals surface area contributed by atoms with Crippen LogP contribution in [0.4, 0.5) is 0 Å². The molecule has 0 radical (unpaired) electrons. The van der Waals surface area contributed by atoms with Crippen molar-refractivity contribution in [2.24, 2.45) is 0 Å². The van der Waals surface area contributed by atoms with Crippen LogP contribution in [0.25, 0.3) is 22.3 Å². The quantitative estimate of drug-likeness (QED) is 0.777. The largest absolute Gasteiger partial charge is 0.478 e. The Morgan fingerprint density at radius 3 is 2.43 bits per heavy atom. The van der Waals surface area contributed by atoms with Crippen LogP contribution in [0.15, 0.2) is 23.6 Å². The molecule has 0 saturated heterocycles. The van der Waals surface area contributed by atoms with Crippen LogP contribution in [0.3, 0.4) is 0 Å². The van der Waals surface area contributed by atoms with Crippen LogP contribution in [0, 0.1) is 20.8 Å². The van der Waals surface area contributed by atoms with Crippen LogP contribution in [0.5, 0.6) is 0 Å². The fourth-order valence-electron chi connectivity index (χ4n) is 2.42. The summed E-state index contributed by atoms with van der Waals surface area (Å²) in [4.78, 5) is 20.7. The molecule has 0 amide bonds. The highest BCUT2D eigenvalue weighted by atomic mass is 32.1. The zero-order valence-electron chi connectivity index (χ0n) is 12.0. The molecule has 0 aliphatic heterocycles. The van der Waals surface area contributed by atoms with Gasteiger partial charge in [-0.2, -0.15) is 0 Å². The molecule has 1 N–H and O–H groups in total. The lowest BCUT2D eigenvalue weighted by atomic mass is 9.99. The van der Waals surface area contributed by atoms with Crippen molar-refractivity contribution in [1.29, 1.82) is 0 Å². The van der Waals surface area contributed by atoms with E-state index in [0.29, 0.717) is 11.1 Å². The van der Waals surface area contributed by atoms with Crippen molar-refractivity contribution in [2.45, 2.75) is 20.8 Å². The smallest absolute Gasteiger partial charge is 0.336 e. The molecule has 3 rings (SSSR count). The summed E-state index contributed by atoms with van der Waals surface area (Å²) >= 11 is 1.53. The molecule has 106 valence electrons. The highest BCUT2D eigenvalue weighted by molar-refractivity contribution is 7.09. The van der Waals surface area contributed by atoms with Crippen LogP contribution in [-0.2, 0) is 0 Å². The van der Waals surface area contributed by atoms with Crippen LogP contribution in [0.1, 0.15) is 26.5 Å². The first-order valence-corrected chi connectivity index (χ1v) is 7.42. The molecule has 0 unspecified atom stereocenters. The number of aryl methyl sites for hydroxylation is 3. The van der Waals surface area contributed by atoms with E-state index in [-0.39, 0.29) is 5.56 Å². The van der Waals surface area contributed by atoms with Gasteiger partial charge in [0.15, 0.2) is 0 Å². The number of rotatable bonds is 2. The topological polar surface area (TPSA) is 63.1 Å². The molecule has 3 aromatic rings. The normalized spacial score (nSPS) is 11.0. The van der Waals surface area contributed by atoms with Gasteiger partial charge in [0.2, 0.25) is 0 Å². The SMILES string of the molecule is Cc1nc(-c2cc(C(=O)O)c3c(C)ccc(C)c3n2)cs1. The summed E-state index contributed by atoms with van der Waals surface area (Å²) in [5.74, 6) is -0.940. The number of fused-ring (bicyclic) bond motifs is 1. The first kappa shape index (κ1) is 13.7. The van der Waals surface area contributed by atoms with Gasteiger partial charge < -0.3 is 5.11 Å². The molecular formula is C16H14N2O2S. The van der Waals surface area contributed by atoms with Gasteiger partial charge in [0.1, 0.15) is 0 Å². The van der Waals surface area contributed by atoms with Gasteiger partial charge in [0.25, 0.3) is 0 Å². The molecule has 2 heterocycles. The molecule has 4 nitrogen and oxygen atoms in total. The van der Waals surface area contributed by atoms with Gasteiger partial charge in [-0.3, -0.25) is 0 Å². The molecule has 0 atom stereocenters. The Labute approximate surface area is 126 Å². The Kier molecular flexibility index (Phi) is 3.22. The Morgan fingerprint density at radius 1 is 1.10 bits per heavy atom. The number of carbonyl (C=O) groups is 1. The fraction of sp³-hybridized carbons (Fsp3) is 0.188. The first-order valence-electron chi connectivity index (χ1n) is 6.54. The molecule has 0 aliphatic carbocycles.